The molecule has 7 nitrogen and oxygen atoms in total. The van der Waals surface area contributed by atoms with Crippen molar-refractivity contribution in [3.8, 4) is 0 Å². The first-order valence-electron chi connectivity index (χ1n) is 7.51. The fourth-order valence-corrected chi connectivity index (χ4v) is 2.74. The van der Waals surface area contributed by atoms with Crippen LogP contribution in [0.25, 0.3) is 0 Å². The zero-order valence-corrected chi connectivity index (χ0v) is 12.6. The zero-order valence-electron chi connectivity index (χ0n) is 12.6. The summed E-state index contributed by atoms with van der Waals surface area (Å²) in [4.78, 5) is 24.9. The van der Waals surface area contributed by atoms with Crippen molar-refractivity contribution in [2.75, 3.05) is 13.1 Å². The lowest BCUT2D eigenvalue weighted by molar-refractivity contribution is 0.0689. The monoisotopic (exact) mass is 314 g/mol. The Morgan fingerprint density at radius 1 is 1.30 bits per heavy atom. The predicted molar refractivity (Wildman–Crippen MR) is 83.2 cm³/mol. The molecule has 23 heavy (non-hydrogen) atoms. The van der Waals surface area contributed by atoms with E-state index < -0.39 is 5.97 Å². The molecule has 0 fully saturated rings. The van der Waals surface area contributed by atoms with Crippen molar-refractivity contribution in [3.63, 3.8) is 0 Å². The molecule has 120 valence electrons. The Morgan fingerprint density at radius 3 is 2.83 bits per heavy atom. The van der Waals surface area contributed by atoms with Gasteiger partial charge in [0.15, 0.2) is 5.69 Å². The molecule has 1 aromatic heterocycles. The van der Waals surface area contributed by atoms with Gasteiger partial charge in [0, 0.05) is 18.7 Å². The van der Waals surface area contributed by atoms with Crippen LogP contribution in [0, 0.1) is 0 Å². The predicted octanol–water partition coefficient (Wildman–Crippen LogP) is 1.42. The fraction of sp³-hybridized carbons (Fsp3) is 0.312. The average molecular weight is 314 g/mol. The number of aromatic carboxylic acids is 1. The minimum absolute atomic E-state index is 0.0594. The minimum Gasteiger partial charge on any atom is -0.476 e. The van der Waals surface area contributed by atoms with Crippen molar-refractivity contribution in [2.45, 2.75) is 19.4 Å². The summed E-state index contributed by atoms with van der Waals surface area (Å²) in [7, 11) is 0. The molecule has 3 N–H and O–H groups in total. The second-order valence-corrected chi connectivity index (χ2v) is 5.47. The van der Waals surface area contributed by atoms with Gasteiger partial charge in [-0.25, -0.2) is 9.59 Å². The molecule has 0 radical (unpaired) electrons. The number of carboxylic acids is 1. The third-order valence-corrected chi connectivity index (χ3v) is 3.96. The number of amides is 2. The maximum atomic E-state index is 12.2. The zero-order chi connectivity index (χ0) is 16.2. The van der Waals surface area contributed by atoms with Crippen LogP contribution in [0.4, 0.5) is 4.79 Å². The Labute approximate surface area is 133 Å². The molecule has 2 heterocycles. The molecule has 0 bridgehead atoms. The highest BCUT2D eigenvalue weighted by Gasteiger charge is 2.26. The number of fused-ring (bicyclic) bond motifs is 1. The Kier molecular flexibility index (Phi) is 4.27. The second kappa shape index (κ2) is 6.51. The molecule has 2 aromatic rings. The molecule has 0 spiro atoms. The Morgan fingerprint density at radius 2 is 2.09 bits per heavy atom. The number of urea groups is 1. The molecule has 7 heteroatoms. The molecule has 3 rings (SSSR count). The summed E-state index contributed by atoms with van der Waals surface area (Å²) in [6.07, 6.45) is 1.28. The lowest BCUT2D eigenvalue weighted by atomic mass is 10.0. The van der Waals surface area contributed by atoms with Gasteiger partial charge in [-0.15, -0.1) is 0 Å². The van der Waals surface area contributed by atoms with Crippen molar-refractivity contribution in [3.05, 3.63) is 52.8 Å². The quantitative estimate of drug-likeness (QED) is 0.795. The molecule has 0 aliphatic carbocycles. The lowest BCUT2D eigenvalue weighted by Crippen LogP contribution is -2.43. The number of nitrogens with zero attached hydrogens (tertiary/aromatic N) is 2. The van der Waals surface area contributed by atoms with Crippen LogP contribution in [0.3, 0.4) is 0 Å². The number of aromatic amines is 1. The Balaban J connectivity index is 1.54. The summed E-state index contributed by atoms with van der Waals surface area (Å²) in [6.45, 7) is 1.41. The van der Waals surface area contributed by atoms with Gasteiger partial charge in [-0.1, -0.05) is 30.3 Å². The van der Waals surface area contributed by atoms with Crippen LogP contribution >= 0.6 is 0 Å². The van der Waals surface area contributed by atoms with E-state index in [0.717, 1.165) is 6.42 Å². The summed E-state index contributed by atoms with van der Waals surface area (Å²) >= 11 is 0. The molecule has 0 unspecified atom stereocenters. The first kappa shape index (κ1) is 15.1. The largest absolute Gasteiger partial charge is 0.476 e. The number of aromatic nitrogens is 2. The van der Waals surface area contributed by atoms with E-state index >= 15 is 0 Å². The number of hydrogen-bond donors (Lipinski definition) is 3. The molecule has 0 saturated heterocycles. The van der Waals surface area contributed by atoms with Gasteiger partial charge in [0.2, 0.25) is 0 Å². The van der Waals surface area contributed by atoms with Crippen LogP contribution in [0.15, 0.2) is 30.3 Å². The van der Waals surface area contributed by atoms with Crippen LogP contribution in [0.5, 0.6) is 0 Å². The molecule has 0 saturated carbocycles. The van der Waals surface area contributed by atoms with Crippen molar-refractivity contribution >= 4 is 12.0 Å². The van der Waals surface area contributed by atoms with Gasteiger partial charge in [0.1, 0.15) is 0 Å². The van der Waals surface area contributed by atoms with Crippen molar-refractivity contribution in [1.29, 1.82) is 0 Å². The van der Waals surface area contributed by atoms with Gasteiger partial charge in [-0.05, 0) is 18.4 Å². The lowest BCUT2D eigenvalue weighted by Gasteiger charge is -2.26. The summed E-state index contributed by atoms with van der Waals surface area (Å²) in [5.74, 6) is -1.04. The third kappa shape index (κ3) is 3.33. The number of hydrogen-bond acceptors (Lipinski definition) is 3. The minimum atomic E-state index is -1.04. The van der Waals surface area contributed by atoms with E-state index in [2.05, 4.69) is 15.5 Å². The van der Waals surface area contributed by atoms with Gasteiger partial charge in [0.05, 0.1) is 12.2 Å². The van der Waals surface area contributed by atoms with Crippen molar-refractivity contribution in [1.82, 2.24) is 20.4 Å². The van der Waals surface area contributed by atoms with E-state index in [9.17, 15) is 9.59 Å². The molecule has 1 aliphatic rings. The number of carbonyl (C=O) groups excluding carboxylic acids is 1. The van der Waals surface area contributed by atoms with Crippen LogP contribution in [-0.4, -0.2) is 45.3 Å². The van der Waals surface area contributed by atoms with E-state index in [0.29, 0.717) is 37.3 Å². The third-order valence-electron chi connectivity index (χ3n) is 3.96. The van der Waals surface area contributed by atoms with Crippen LogP contribution in [-0.2, 0) is 19.4 Å². The van der Waals surface area contributed by atoms with Gasteiger partial charge in [-0.3, -0.25) is 5.10 Å². The van der Waals surface area contributed by atoms with Gasteiger partial charge in [-0.2, -0.15) is 5.10 Å². The van der Waals surface area contributed by atoms with E-state index in [1.165, 1.54) is 5.56 Å². The molecule has 1 aliphatic heterocycles. The highest BCUT2D eigenvalue weighted by atomic mass is 16.4. The molecule has 2 amide bonds. The van der Waals surface area contributed by atoms with Gasteiger partial charge in [0.25, 0.3) is 0 Å². The summed E-state index contributed by atoms with van der Waals surface area (Å²) < 4.78 is 0. The number of carbonyl (C=O) groups is 2. The number of benzene rings is 1. The maximum absolute atomic E-state index is 12.2. The van der Waals surface area contributed by atoms with Crippen LogP contribution in [0.2, 0.25) is 0 Å². The topological polar surface area (TPSA) is 98.3 Å². The summed E-state index contributed by atoms with van der Waals surface area (Å²) in [5.41, 5.74) is 2.63. The smallest absolute Gasteiger partial charge is 0.356 e. The highest BCUT2D eigenvalue weighted by Crippen LogP contribution is 2.20. The second-order valence-electron chi connectivity index (χ2n) is 5.47. The van der Waals surface area contributed by atoms with Gasteiger partial charge < -0.3 is 15.3 Å². The van der Waals surface area contributed by atoms with Crippen LogP contribution < -0.4 is 5.32 Å². The summed E-state index contributed by atoms with van der Waals surface area (Å²) in [5, 5.41) is 18.5. The molecule has 1 aromatic carbocycles. The fourth-order valence-electron chi connectivity index (χ4n) is 2.74. The highest BCUT2D eigenvalue weighted by molar-refractivity contribution is 5.87. The standard InChI is InChI=1S/C16H18N4O3/c21-15(22)14-12-7-9-20(10-13(12)18-19-14)16(23)17-8-6-11-4-2-1-3-5-11/h1-5H,6-10H2,(H,17,23)(H,18,19)(H,21,22). The van der Waals surface area contributed by atoms with E-state index in [1.54, 1.807) is 4.90 Å². The number of rotatable bonds is 4. The van der Waals surface area contributed by atoms with E-state index in [-0.39, 0.29) is 11.7 Å². The molecule has 0 atom stereocenters. The molecular formula is C16H18N4O3. The first-order chi connectivity index (χ1) is 11.1. The Bertz CT molecular complexity index is 711. The SMILES string of the molecule is O=C(O)c1n[nH]c2c1CCN(C(=O)NCCc1ccccc1)C2. The average Bonchev–Trinajstić information content (AvgIpc) is 2.99. The molecular weight excluding hydrogens is 296 g/mol. The number of carboxylic acid groups (broad SMARTS) is 1. The maximum Gasteiger partial charge on any atom is 0.356 e. The number of H-pyrrole nitrogens is 1. The van der Waals surface area contributed by atoms with Crippen molar-refractivity contribution in [2.24, 2.45) is 0 Å². The van der Waals surface area contributed by atoms with E-state index in [4.69, 9.17) is 5.11 Å². The van der Waals surface area contributed by atoms with Gasteiger partial charge >= 0.3 is 12.0 Å². The normalized spacial score (nSPS) is 13.5. The number of nitrogens with one attached hydrogen (secondary N) is 2. The first-order valence-corrected chi connectivity index (χ1v) is 7.51. The van der Waals surface area contributed by atoms with Crippen molar-refractivity contribution < 1.29 is 14.7 Å². The van der Waals surface area contributed by atoms with Crippen LogP contribution in [0.1, 0.15) is 27.3 Å². The summed E-state index contributed by atoms with van der Waals surface area (Å²) in [6, 6.07) is 9.82. The van der Waals surface area contributed by atoms with E-state index in [1.807, 2.05) is 30.3 Å². The Hall–Kier alpha value is -2.83.